The second-order valence-electron chi connectivity index (χ2n) is 19.3. The number of hydrogen-bond acceptors (Lipinski definition) is 13. The second kappa shape index (κ2) is 24.0. The van der Waals surface area contributed by atoms with Crippen molar-refractivity contribution in [2.75, 3.05) is 32.9 Å². The molecule has 3 aliphatic heterocycles. The molecule has 22 heteroatoms. The van der Waals surface area contributed by atoms with E-state index in [4.69, 9.17) is 14.5 Å². The summed E-state index contributed by atoms with van der Waals surface area (Å²) in [7, 11) is 0. The van der Waals surface area contributed by atoms with Crippen LogP contribution in [0.15, 0.2) is 59.4 Å². The van der Waals surface area contributed by atoms with Crippen LogP contribution in [0.1, 0.15) is 110 Å². The van der Waals surface area contributed by atoms with E-state index in [1.807, 2.05) is 13.0 Å². The first-order valence-corrected chi connectivity index (χ1v) is 25.4. The number of benzene rings is 2. The first-order chi connectivity index (χ1) is 36.5. The molecule has 1 aliphatic carbocycles. The fraction of sp³-hybridized carbons (Fsp3) is 0.426. The average Bonchev–Trinajstić information content (AvgIpc) is 3.97. The van der Waals surface area contributed by atoms with Crippen LogP contribution in [-0.4, -0.2) is 113 Å². The topological polar surface area (TPSA) is 282 Å². The Balaban J connectivity index is 0.793. The summed E-state index contributed by atoms with van der Waals surface area (Å²) in [6.07, 6.45) is 4.73. The minimum atomic E-state index is -1.14. The number of cyclic esters (lactones) is 1. The second-order valence-corrected chi connectivity index (χ2v) is 19.3. The van der Waals surface area contributed by atoms with E-state index in [-0.39, 0.29) is 69.0 Å². The maximum atomic E-state index is 15.4. The molecule has 0 fully saturated rings. The zero-order chi connectivity index (χ0) is 54.2. The van der Waals surface area contributed by atoms with E-state index in [9.17, 15) is 47.9 Å². The molecule has 0 saturated carbocycles. The molecule has 4 aliphatic rings. The minimum Gasteiger partial charge on any atom is -0.460 e. The van der Waals surface area contributed by atoms with E-state index in [0.29, 0.717) is 77.7 Å². The van der Waals surface area contributed by atoms with Gasteiger partial charge in [0.15, 0.2) is 0 Å². The highest BCUT2D eigenvalue weighted by Crippen LogP contribution is 2.45. The standard InChI is InChI=1S/C54H60FN9O12/c1-4-32-34-21-41-51-35(26-64(41)53(73)36(34)27-75-54(32)74)50-38(15-14-33-30(3)37(55)22-39(62-51)49(33)50)60-43(66)19-29(2)76-28-59-45(68)24-58-52(72)40(20-31-11-7-5-8-12-31)61-46(69)25-57-44(67)23-56-42(65)13-9-6-10-18-63-47(70)16-17-48(63)71/h5,7-8,11-12,16-17,21-22,29,32,38,40H,4,6,9-10,13-15,18-20,23-28H2,1-3H3,(H,56,65)(H,57,67)(H,58,72)(H,59,68)(H,60,66)(H,61,69)/t29?,32-,38+,40+/m1/s1. The molecule has 0 spiro atoms. The van der Waals surface area contributed by atoms with Crippen molar-refractivity contribution in [1.82, 2.24) is 46.4 Å². The molecule has 2 aromatic heterocycles. The van der Waals surface area contributed by atoms with Crippen molar-refractivity contribution >= 4 is 64.1 Å². The van der Waals surface area contributed by atoms with Crippen LogP contribution in [0.5, 0.6) is 0 Å². The number of hydrogen-bond donors (Lipinski definition) is 6. The maximum Gasteiger partial charge on any atom is 0.313 e. The van der Waals surface area contributed by atoms with Crippen molar-refractivity contribution in [3.05, 3.63) is 110 Å². The van der Waals surface area contributed by atoms with Gasteiger partial charge in [-0.15, -0.1) is 0 Å². The van der Waals surface area contributed by atoms with Gasteiger partial charge in [0.1, 0.15) is 25.2 Å². The molecule has 8 amide bonds. The molecular weight excluding hydrogens is 986 g/mol. The predicted octanol–water partition coefficient (Wildman–Crippen LogP) is 1.96. The zero-order valence-electron chi connectivity index (χ0n) is 42.4. The summed E-state index contributed by atoms with van der Waals surface area (Å²) in [5.74, 6) is -5.54. The highest BCUT2D eigenvalue weighted by Gasteiger charge is 2.38. The van der Waals surface area contributed by atoms with Crippen molar-refractivity contribution in [3.8, 4) is 11.4 Å². The number of halogens is 1. The first-order valence-electron chi connectivity index (χ1n) is 25.4. The molecule has 1 unspecified atom stereocenters. The average molecular weight is 1050 g/mol. The number of carbonyl (C=O) groups excluding carboxylic acids is 9. The number of rotatable bonds is 23. The van der Waals surface area contributed by atoms with E-state index >= 15 is 4.39 Å². The Hall–Kier alpha value is -8.14. The predicted molar refractivity (Wildman–Crippen MR) is 271 cm³/mol. The normalized spacial score (nSPS) is 16.7. The molecule has 2 aromatic carbocycles. The molecule has 21 nitrogen and oxygen atoms in total. The number of ether oxygens (including phenoxy) is 2. The van der Waals surface area contributed by atoms with Gasteiger partial charge in [-0.3, -0.25) is 52.8 Å². The Morgan fingerprint density at radius 3 is 2.30 bits per heavy atom. The molecule has 400 valence electrons. The lowest BCUT2D eigenvalue weighted by Crippen LogP contribution is -2.52. The van der Waals surface area contributed by atoms with Crippen LogP contribution in [0.4, 0.5) is 4.39 Å². The highest BCUT2D eigenvalue weighted by atomic mass is 19.1. The van der Waals surface area contributed by atoms with Crippen LogP contribution in [0, 0.1) is 12.7 Å². The van der Waals surface area contributed by atoms with Gasteiger partial charge in [-0.05, 0) is 79.8 Å². The van der Waals surface area contributed by atoms with E-state index in [1.165, 1.54) is 18.2 Å². The van der Waals surface area contributed by atoms with Gasteiger partial charge in [0.05, 0.1) is 73.1 Å². The fourth-order valence-corrected chi connectivity index (χ4v) is 10.1. The molecule has 76 heavy (non-hydrogen) atoms. The summed E-state index contributed by atoms with van der Waals surface area (Å²) in [5, 5.41) is 16.4. The summed E-state index contributed by atoms with van der Waals surface area (Å²) >= 11 is 0. The van der Waals surface area contributed by atoms with Crippen molar-refractivity contribution in [3.63, 3.8) is 0 Å². The fourth-order valence-electron chi connectivity index (χ4n) is 10.1. The largest absolute Gasteiger partial charge is 0.460 e. The number of amides is 8. The van der Waals surface area contributed by atoms with Gasteiger partial charge < -0.3 is 45.9 Å². The number of imide groups is 1. The van der Waals surface area contributed by atoms with E-state index in [0.717, 1.165) is 27.0 Å². The summed E-state index contributed by atoms with van der Waals surface area (Å²) in [4.78, 5) is 134. The van der Waals surface area contributed by atoms with Gasteiger partial charge in [0.25, 0.3) is 17.4 Å². The number of carbonyl (C=O) groups is 9. The molecule has 0 saturated heterocycles. The van der Waals surface area contributed by atoms with Gasteiger partial charge in [0.2, 0.25) is 35.4 Å². The van der Waals surface area contributed by atoms with E-state index < -0.39 is 85.1 Å². The Morgan fingerprint density at radius 2 is 1.55 bits per heavy atom. The van der Waals surface area contributed by atoms with Crippen LogP contribution in [0.25, 0.3) is 22.3 Å². The zero-order valence-corrected chi connectivity index (χ0v) is 42.4. The molecule has 6 N–H and O–H groups in total. The summed E-state index contributed by atoms with van der Waals surface area (Å²) in [5.41, 5.74) is 5.58. The van der Waals surface area contributed by atoms with Gasteiger partial charge in [-0.1, -0.05) is 43.7 Å². The van der Waals surface area contributed by atoms with Crippen LogP contribution in [0.3, 0.4) is 0 Å². The number of nitrogens with one attached hydrogen (secondary N) is 6. The molecule has 0 bridgehead atoms. The van der Waals surface area contributed by atoms with Crippen LogP contribution >= 0.6 is 0 Å². The molecular formula is C54H60FN9O12. The van der Waals surface area contributed by atoms with Crippen molar-refractivity contribution in [2.24, 2.45) is 0 Å². The van der Waals surface area contributed by atoms with Gasteiger partial charge in [-0.2, -0.15) is 0 Å². The lowest BCUT2D eigenvalue weighted by Gasteiger charge is -2.30. The Kier molecular flexibility index (Phi) is 17.1. The number of pyridine rings is 2. The number of nitrogens with zero attached hydrogens (tertiary/aromatic N) is 3. The highest BCUT2D eigenvalue weighted by molar-refractivity contribution is 6.12. The quantitative estimate of drug-likeness (QED) is 0.0237. The van der Waals surface area contributed by atoms with Crippen LogP contribution in [-0.2, 0) is 78.6 Å². The van der Waals surface area contributed by atoms with Crippen LogP contribution in [0.2, 0.25) is 0 Å². The van der Waals surface area contributed by atoms with Gasteiger partial charge in [-0.25, -0.2) is 9.37 Å². The molecule has 4 atom stereocenters. The third kappa shape index (κ3) is 12.3. The van der Waals surface area contributed by atoms with Gasteiger partial charge in [0, 0.05) is 48.6 Å². The maximum absolute atomic E-state index is 15.4. The Morgan fingerprint density at radius 1 is 0.842 bits per heavy atom. The lowest BCUT2D eigenvalue weighted by atomic mass is 9.81. The molecule has 8 rings (SSSR count). The molecule has 4 aromatic rings. The monoisotopic (exact) mass is 1050 g/mol. The number of esters is 1. The van der Waals surface area contributed by atoms with Crippen molar-refractivity contribution in [1.29, 1.82) is 0 Å². The first kappa shape index (κ1) is 54.1. The third-order valence-corrected chi connectivity index (χ3v) is 14.1. The SMILES string of the molecule is CC[C@H]1C(=O)OCc2c1cc1n(c2=O)Cc2c-1nc1cc(F)c(C)c3c1c2[C@@H](NC(=O)CC(C)OCNC(=O)CNC(=O)[C@H](Cc1ccccc1)NC(=O)CNC(=O)CNC(=O)CCCCCN1C(=O)C=CC1=O)CC3. The van der Waals surface area contributed by atoms with Crippen molar-refractivity contribution < 1.29 is 57.0 Å². The number of fused-ring (bicyclic) bond motifs is 5. The lowest BCUT2D eigenvalue weighted by molar-refractivity contribution is -0.148. The van der Waals surface area contributed by atoms with Gasteiger partial charge >= 0.3 is 5.97 Å². The molecule has 0 radical (unpaired) electrons. The van der Waals surface area contributed by atoms with E-state index in [1.54, 1.807) is 48.7 Å². The summed E-state index contributed by atoms with van der Waals surface area (Å²) < 4.78 is 28.1. The number of aromatic nitrogens is 2. The number of aryl methyl sites for hydroxylation is 1. The van der Waals surface area contributed by atoms with E-state index in [2.05, 4.69) is 31.9 Å². The Labute approximate surface area is 436 Å². The summed E-state index contributed by atoms with van der Waals surface area (Å²) in [6, 6.07) is 10.4. The van der Waals surface area contributed by atoms with Crippen LogP contribution < -0.4 is 37.5 Å². The van der Waals surface area contributed by atoms with Crippen molar-refractivity contribution in [2.45, 2.75) is 116 Å². The molecule has 5 heterocycles. The smallest absolute Gasteiger partial charge is 0.313 e. The minimum absolute atomic E-state index is 0.0577. The Bertz CT molecular complexity index is 3090. The third-order valence-electron chi connectivity index (χ3n) is 14.1. The summed E-state index contributed by atoms with van der Waals surface area (Å²) in [6.45, 7) is 3.82. The number of unbranched alkanes of at least 4 members (excludes halogenated alkanes) is 2.